The standard InChI is InChI=1S/C17H18N2O2/c1-13-6-8-15(9-7-13)18-11-10-14-4-2-3-5-16(14)17(18)12-19(20)21/h2-9,17H,10-12H2,1H3/t17-/m0/s1. The quantitative estimate of drug-likeness (QED) is 0.640. The molecule has 0 unspecified atom stereocenters. The van der Waals surface area contributed by atoms with Gasteiger partial charge in [0.15, 0.2) is 0 Å². The third-order valence-corrected chi connectivity index (χ3v) is 4.10. The number of aryl methyl sites for hydroxylation is 1. The summed E-state index contributed by atoms with van der Waals surface area (Å²) < 4.78 is 0. The smallest absolute Gasteiger partial charge is 0.228 e. The van der Waals surface area contributed by atoms with Crippen molar-refractivity contribution in [3.05, 3.63) is 75.3 Å². The molecule has 1 atom stereocenters. The highest BCUT2D eigenvalue weighted by Crippen LogP contribution is 2.33. The zero-order chi connectivity index (χ0) is 14.8. The van der Waals surface area contributed by atoms with Crippen molar-refractivity contribution in [2.24, 2.45) is 0 Å². The molecule has 2 aromatic carbocycles. The average molecular weight is 282 g/mol. The summed E-state index contributed by atoms with van der Waals surface area (Å²) in [6, 6.07) is 16.1. The number of nitro groups is 1. The van der Waals surface area contributed by atoms with Crippen LogP contribution < -0.4 is 4.90 Å². The van der Waals surface area contributed by atoms with Crippen LogP contribution in [0, 0.1) is 17.0 Å². The number of nitrogens with zero attached hydrogens (tertiary/aromatic N) is 2. The molecule has 0 bridgehead atoms. The Morgan fingerprint density at radius 1 is 1.19 bits per heavy atom. The molecule has 4 heteroatoms. The van der Waals surface area contributed by atoms with E-state index in [9.17, 15) is 10.1 Å². The number of benzene rings is 2. The first kappa shape index (κ1) is 13.6. The number of hydrogen-bond donors (Lipinski definition) is 0. The molecule has 4 nitrogen and oxygen atoms in total. The Balaban J connectivity index is 2.00. The van der Waals surface area contributed by atoms with E-state index in [2.05, 4.69) is 35.2 Å². The topological polar surface area (TPSA) is 46.4 Å². The largest absolute Gasteiger partial charge is 0.358 e. The molecule has 0 saturated carbocycles. The molecule has 2 aromatic rings. The van der Waals surface area contributed by atoms with E-state index in [1.165, 1.54) is 11.1 Å². The minimum atomic E-state index is -0.214. The third kappa shape index (κ3) is 2.75. The summed E-state index contributed by atoms with van der Waals surface area (Å²) in [6.45, 7) is 2.80. The monoisotopic (exact) mass is 282 g/mol. The van der Waals surface area contributed by atoms with Crippen LogP contribution in [0.1, 0.15) is 22.7 Å². The van der Waals surface area contributed by atoms with Crippen molar-refractivity contribution in [2.75, 3.05) is 18.0 Å². The maximum atomic E-state index is 11.1. The van der Waals surface area contributed by atoms with E-state index in [0.717, 1.165) is 24.2 Å². The van der Waals surface area contributed by atoms with Gasteiger partial charge >= 0.3 is 0 Å². The predicted octanol–water partition coefficient (Wildman–Crippen LogP) is 3.38. The molecule has 0 fully saturated rings. The summed E-state index contributed by atoms with van der Waals surface area (Å²) >= 11 is 0. The van der Waals surface area contributed by atoms with E-state index in [-0.39, 0.29) is 17.5 Å². The van der Waals surface area contributed by atoms with Gasteiger partial charge in [0.25, 0.3) is 0 Å². The zero-order valence-electron chi connectivity index (χ0n) is 12.0. The van der Waals surface area contributed by atoms with Crippen molar-refractivity contribution in [2.45, 2.75) is 19.4 Å². The minimum absolute atomic E-state index is 0.0646. The lowest BCUT2D eigenvalue weighted by atomic mass is 9.92. The Bertz CT molecular complexity index is 652. The SMILES string of the molecule is Cc1ccc(N2CCc3ccccc3[C@@H]2C[N+](=O)[O-])cc1. The van der Waals surface area contributed by atoms with E-state index >= 15 is 0 Å². The van der Waals surface area contributed by atoms with Gasteiger partial charge in [-0.3, -0.25) is 10.1 Å². The summed E-state index contributed by atoms with van der Waals surface area (Å²) in [5.41, 5.74) is 4.57. The van der Waals surface area contributed by atoms with Gasteiger partial charge in [0.2, 0.25) is 6.54 Å². The van der Waals surface area contributed by atoms with E-state index in [1.807, 2.05) is 25.1 Å². The molecule has 0 N–H and O–H groups in total. The Morgan fingerprint density at radius 3 is 2.62 bits per heavy atom. The highest BCUT2D eigenvalue weighted by molar-refractivity contribution is 5.53. The first-order valence-electron chi connectivity index (χ1n) is 7.18. The molecular formula is C17H18N2O2. The van der Waals surface area contributed by atoms with Gasteiger partial charge in [0, 0.05) is 17.2 Å². The van der Waals surface area contributed by atoms with Crippen molar-refractivity contribution >= 4 is 5.69 Å². The Labute approximate surface area is 124 Å². The van der Waals surface area contributed by atoms with Crippen LogP contribution >= 0.6 is 0 Å². The lowest BCUT2D eigenvalue weighted by Gasteiger charge is -2.37. The number of fused-ring (bicyclic) bond motifs is 1. The molecular weight excluding hydrogens is 264 g/mol. The van der Waals surface area contributed by atoms with Crippen LogP contribution in [-0.2, 0) is 6.42 Å². The molecule has 1 heterocycles. The van der Waals surface area contributed by atoms with Gasteiger partial charge in [0.1, 0.15) is 6.04 Å². The van der Waals surface area contributed by atoms with Crippen LogP contribution in [0.15, 0.2) is 48.5 Å². The summed E-state index contributed by atoms with van der Waals surface area (Å²) in [7, 11) is 0. The first-order chi connectivity index (χ1) is 10.1. The molecule has 3 rings (SSSR count). The highest BCUT2D eigenvalue weighted by Gasteiger charge is 2.31. The summed E-state index contributed by atoms with van der Waals surface area (Å²) in [5, 5.41) is 11.1. The van der Waals surface area contributed by atoms with E-state index in [4.69, 9.17) is 0 Å². The molecule has 0 aliphatic carbocycles. The van der Waals surface area contributed by atoms with Gasteiger partial charge in [-0.25, -0.2) is 0 Å². The highest BCUT2D eigenvalue weighted by atomic mass is 16.6. The first-order valence-corrected chi connectivity index (χ1v) is 7.18. The van der Waals surface area contributed by atoms with Crippen LogP contribution in [0.4, 0.5) is 5.69 Å². The van der Waals surface area contributed by atoms with Gasteiger partial charge < -0.3 is 4.90 Å². The zero-order valence-corrected chi connectivity index (χ0v) is 12.0. The predicted molar refractivity (Wildman–Crippen MR) is 83.3 cm³/mol. The van der Waals surface area contributed by atoms with Gasteiger partial charge in [-0.05, 0) is 36.6 Å². The Hall–Kier alpha value is -2.36. The minimum Gasteiger partial charge on any atom is -0.358 e. The van der Waals surface area contributed by atoms with Gasteiger partial charge in [-0.15, -0.1) is 0 Å². The summed E-state index contributed by atoms with van der Waals surface area (Å²) in [6.07, 6.45) is 0.929. The molecule has 21 heavy (non-hydrogen) atoms. The van der Waals surface area contributed by atoms with Crippen molar-refractivity contribution in [3.63, 3.8) is 0 Å². The van der Waals surface area contributed by atoms with E-state index in [0.29, 0.717) is 0 Å². The van der Waals surface area contributed by atoms with E-state index < -0.39 is 0 Å². The van der Waals surface area contributed by atoms with Gasteiger partial charge in [-0.1, -0.05) is 42.0 Å². The molecule has 0 radical (unpaired) electrons. The number of anilines is 1. The number of rotatable bonds is 3. The molecule has 1 aliphatic rings. The molecule has 1 aliphatic heterocycles. The van der Waals surface area contributed by atoms with Crippen LogP contribution in [0.25, 0.3) is 0 Å². The van der Waals surface area contributed by atoms with Gasteiger partial charge in [-0.2, -0.15) is 0 Å². The summed E-state index contributed by atoms with van der Waals surface area (Å²) in [5.74, 6) is 0. The molecule has 0 saturated heterocycles. The fourth-order valence-electron chi connectivity index (χ4n) is 3.03. The van der Waals surface area contributed by atoms with Crippen molar-refractivity contribution < 1.29 is 4.92 Å². The molecule has 0 aromatic heterocycles. The van der Waals surface area contributed by atoms with Crippen LogP contribution in [0.2, 0.25) is 0 Å². The number of hydrogen-bond acceptors (Lipinski definition) is 3. The fraction of sp³-hybridized carbons (Fsp3) is 0.294. The average Bonchev–Trinajstić information content (AvgIpc) is 2.48. The van der Waals surface area contributed by atoms with E-state index in [1.54, 1.807) is 0 Å². The van der Waals surface area contributed by atoms with Crippen molar-refractivity contribution in [1.82, 2.24) is 0 Å². The Kier molecular flexibility index (Phi) is 3.60. The normalized spacial score (nSPS) is 17.4. The maximum Gasteiger partial charge on any atom is 0.228 e. The van der Waals surface area contributed by atoms with Crippen LogP contribution in [0.3, 0.4) is 0 Å². The van der Waals surface area contributed by atoms with Crippen LogP contribution in [-0.4, -0.2) is 18.0 Å². The van der Waals surface area contributed by atoms with Crippen molar-refractivity contribution in [3.8, 4) is 0 Å². The Morgan fingerprint density at radius 2 is 1.90 bits per heavy atom. The third-order valence-electron chi connectivity index (χ3n) is 4.10. The van der Waals surface area contributed by atoms with Crippen molar-refractivity contribution in [1.29, 1.82) is 0 Å². The molecule has 108 valence electrons. The second-order valence-electron chi connectivity index (χ2n) is 5.51. The molecule has 0 amide bonds. The summed E-state index contributed by atoms with van der Waals surface area (Å²) in [4.78, 5) is 13.0. The second-order valence-corrected chi connectivity index (χ2v) is 5.51. The maximum absolute atomic E-state index is 11.1. The fourth-order valence-corrected chi connectivity index (χ4v) is 3.03. The molecule has 0 spiro atoms. The lowest BCUT2D eigenvalue weighted by Crippen LogP contribution is -2.39. The lowest BCUT2D eigenvalue weighted by molar-refractivity contribution is -0.483. The van der Waals surface area contributed by atoms with Crippen LogP contribution in [0.5, 0.6) is 0 Å². The van der Waals surface area contributed by atoms with Gasteiger partial charge in [0.05, 0.1) is 0 Å². The second kappa shape index (κ2) is 5.56.